The van der Waals surface area contributed by atoms with E-state index in [0.29, 0.717) is 5.56 Å². The molecule has 0 radical (unpaired) electrons. The van der Waals surface area contributed by atoms with Crippen LogP contribution in [0.3, 0.4) is 0 Å². The number of esters is 2. The Kier molecular flexibility index (Phi) is 6.21. The molecule has 4 atom stereocenters. The van der Waals surface area contributed by atoms with Crippen LogP contribution in [0.15, 0.2) is 48.5 Å². The molecule has 0 aromatic heterocycles. The molecular formula is C21H20ClFO6. The van der Waals surface area contributed by atoms with E-state index in [1.807, 2.05) is 13.8 Å². The van der Waals surface area contributed by atoms with Crippen molar-refractivity contribution in [3.63, 3.8) is 0 Å². The number of benzene rings is 2. The fourth-order valence-corrected chi connectivity index (χ4v) is 3.04. The Hall–Kier alpha value is -2.48. The molecule has 1 aliphatic heterocycles. The zero-order chi connectivity index (χ0) is 21.2. The number of rotatable bonds is 5. The molecule has 1 fully saturated rings. The number of carbonyl (C=O) groups is 2. The molecule has 1 unspecified atom stereocenters. The van der Waals surface area contributed by atoms with Crippen molar-refractivity contribution in [2.75, 3.05) is 6.61 Å². The Morgan fingerprint density at radius 3 is 2.03 bits per heavy atom. The summed E-state index contributed by atoms with van der Waals surface area (Å²) in [7, 11) is 0. The van der Waals surface area contributed by atoms with Gasteiger partial charge in [0, 0.05) is 0 Å². The average molecular weight is 423 g/mol. The van der Waals surface area contributed by atoms with Crippen LogP contribution in [0.2, 0.25) is 0 Å². The summed E-state index contributed by atoms with van der Waals surface area (Å²) in [6.45, 7) is 3.26. The quantitative estimate of drug-likeness (QED) is 0.588. The van der Waals surface area contributed by atoms with Crippen LogP contribution in [-0.2, 0) is 14.2 Å². The lowest BCUT2D eigenvalue weighted by Gasteiger charge is -2.23. The first-order valence-corrected chi connectivity index (χ1v) is 9.29. The van der Waals surface area contributed by atoms with Gasteiger partial charge in [-0.1, -0.05) is 47.0 Å². The van der Waals surface area contributed by atoms with E-state index < -0.39 is 42.2 Å². The van der Waals surface area contributed by atoms with Gasteiger partial charge in [-0.15, -0.1) is 0 Å². The van der Waals surface area contributed by atoms with Crippen LogP contribution in [0, 0.1) is 13.8 Å². The van der Waals surface area contributed by atoms with Crippen LogP contribution in [0.4, 0.5) is 4.39 Å². The normalized spacial score (nSPS) is 26.2. The number of alkyl halides is 2. The van der Waals surface area contributed by atoms with Gasteiger partial charge < -0.3 is 19.3 Å². The molecule has 1 saturated heterocycles. The number of hydrogen-bond acceptors (Lipinski definition) is 6. The third kappa shape index (κ3) is 4.75. The van der Waals surface area contributed by atoms with Gasteiger partial charge in [0.05, 0.1) is 11.1 Å². The molecular weight excluding hydrogens is 403 g/mol. The number of hydrogen-bond donors (Lipinski definition) is 1. The molecule has 2 aromatic carbocycles. The molecule has 154 valence electrons. The Morgan fingerprint density at radius 1 is 1.03 bits per heavy atom. The Labute approximate surface area is 172 Å². The third-order valence-corrected chi connectivity index (χ3v) is 4.94. The monoisotopic (exact) mass is 422 g/mol. The first-order valence-electron chi connectivity index (χ1n) is 8.91. The highest BCUT2D eigenvalue weighted by Crippen LogP contribution is 2.39. The molecule has 29 heavy (non-hydrogen) atoms. The number of ether oxygens (including phenoxy) is 3. The fourth-order valence-electron chi connectivity index (χ4n) is 2.80. The minimum Gasteiger partial charge on any atom is -0.459 e. The number of carbonyl (C=O) groups excluding carboxylic acids is 2. The van der Waals surface area contributed by atoms with Gasteiger partial charge in [0.15, 0.2) is 6.10 Å². The second kappa shape index (κ2) is 8.49. The minimum absolute atomic E-state index is 0.180. The maximum atomic E-state index is 14.7. The smallest absolute Gasteiger partial charge is 0.338 e. The van der Waals surface area contributed by atoms with Crippen molar-refractivity contribution in [1.82, 2.24) is 0 Å². The maximum absolute atomic E-state index is 14.7. The molecule has 3 rings (SSSR count). The summed E-state index contributed by atoms with van der Waals surface area (Å²) in [5, 5.41) is 6.88. The van der Waals surface area contributed by atoms with Crippen molar-refractivity contribution in [3.05, 3.63) is 70.8 Å². The largest absolute Gasteiger partial charge is 0.459 e. The molecule has 0 saturated carbocycles. The maximum Gasteiger partial charge on any atom is 0.338 e. The molecule has 0 amide bonds. The number of halogens is 2. The van der Waals surface area contributed by atoms with Crippen LogP contribution >= 0.6 is 11.6 Å². The van der Waals surface area contributed by atoms with E-state index in [4.69, 9.17) is 25.8 Å². The third-order valence-electron chi connectivity index (χ3n) is 4.54. The SMILES string of the molecule is Cc1ccc(C(=O)OC[C@@H]2OC(O)[C@@](F)(Cl)[C@@H]2OC(=O)c2ccc(C)cc2)cc1. The van der Waals surface area contributed by atoms with Gasteiger partial charge >= 0.3 is 11.9 Å². The van der Waals surface area contributed by atoms with Crippen molar-refractivity contribution >= 4 is 23.5 Å². The average Bonchev–Trinajstić information content (AvgIpc) is 2.90. The topological polar surface area (TPSA) is 82.1 Å². The predicted molar refractivity (Wildman–Crippen MR) is 102 cm³/mol. The lowest BCUT2D eigenvalue weighted by molar-refractivity contribution is -0.129. The molecule has 2 aromatic rings. The molecule has 6 nitrogen and oxygen atoms in total. The Morgan fingerprint density at radius 2 is 1.52 bits per heavy atom. The van der Waals surface area contributed by atoms with Crippen LogP contribution in [0.5, 0.6) is 0 Å². The first kappa shape index (κ1) is 21.2. The van der Waals surface area contributed by atoms with E-state index in [1.54, 1.807) is 36.4 Å². The van der Waals surface area contributed by atoms with Gasteiger partial charge in [-0.25, -0.2) is 14.0 Å². The molecule has 1 aliphatic rings. The number of aliphatic hydroxyl groups is 1. The van der Waals surface area contributed by atoms with Crippen molar-refractivity contribution in [2.45, 2.75) is 37.5 Å². The van der Waals surface area contributed by atoms with Crippen LogP contribution in [0.25, 0.3) is 0 Å². The lowest BCUT2D eigenvalue weighted by Crippen LogP contribution is -2.43. The van der Waals surface area contributed by atoms with Crippen LogP contribution < -0.4 is 0 Å². The highest BCUT2D eigenvalue weighted by molar-refractivity contribution is 6.24. The minimum atomic E-state index is -2.89. The molecule has 0 bridgehead atoms. The van der Waals surface area contributed by atoms with Crippen molar-refractivity contribution in [1.29, 1.82) is 0 Å². The van der Waals surface area contributed by atoms with Crippen molar-refractivity contribution < 1.29 is 33.3 Å². The highest BCUT2D eigenvalue weighted by atomic mass is 35.5. The van der Waals surface area contributed by atoms with Crippen LogP contribution in [0.1, 0.15) is 31.8 Å². The summed E-state index contributed by atoms with van der Waals surface area (Å²) in [5.74, 6) is -1.51. The van der Waals surface area contributed by atoms with E-state index in [2.05, 4.69) is 0 Å². The second-order valence-electron chi connectivity index (χ2n) is 6.86. The lowest BCUT2D eigenvalue weighted by atomic mass is 10.1. The van der Waals surface area contributed by atoms with Gasteiger partial charge in [-0.2, -0.15) is 0 Å². The van der Waals surface area contributed by atoms with Crippen LogP contribution in [-0.4, -0.2) is 47.3 Å². The molecule has 1 N–H and O–H groups in total. The molecule has 8 heteroatoms. The van der Waals surface area contributed by atoms with E-state index in [-0.39, 0.29) is 5.56 Å². The summed E-state index contributed by atoms with van der Waals surface area (Å²) in [4.78, 5) is 24.5. The van der Waals surface area contributed by atoms with E-state index in [0.717, 1.165) is 11.1 Å². The van der Waals surface area contributed by atoms with Gasteiger partial charge in [0.25, 0.3) is 5.13 Å². The fraction of sp³-hybridized carbons (Fsp3) is 0.333. The zero-order valence-electron chi connectivity index (χ0n) is 15.8. The Balaban J connectivity index is 1.69. The molecule has 1 heterocycles. The van der Waals surface area contributed by atoms with Crippen molar-refractivity contribution in [2.24, 2.45) is 0 Å². The summed E-state index contributed by atoms with van der Waals surface area (Å²) in [5.41, 5.74) is 2.37. The second-order valence-corrected chi connectivity index (χ2v) is 7.44. The first-order chi connectivity index (χ1) is 13.7. The summed E-state index contributed by atoms with van der Waals surface area (Å²) < 4.78 is 30.1. The summed E-state index contributed by atoms with van der Waals surface area (Å²) in [6, 6.07) is 13.1. The van der Waals surface area contributed by atoms with Gasteiger partial charge in [-0.05, 0) is 38.1 Å². The van der Waals surface area contributed by atoms with Crippen molar-refractivity contribution in [3.8, 4) is 0 Å². The molecule has 0 aliphatic carbocycles. The van der Waals surface area contributed by atoms with Gasteiger partial charge in [0.1, 0.15) is 12.7 Å². The number of aryl methyl sites for hydroxylation is 2. The van der Waals surface area contributed by atoms with Gasteiger partial charge in [-0.3, -0.25) is 0 Å². The summed E-state index contributed by atoms with van der Waals surface area (Å²) >= 11 is 5.73. The highest BCUT2D eigenvalue weighted by Gasteiger charge is 2.59. The predicted octanol–water partition coefficient (Wildman–Crippen LogP) is 3.31. The van der Waals surface area contributed by atoms with E-state index >= 15 is 0 Å². The summed E-state index contributed by atoms with van der Waals surface area (Å²) in [6.07, 6.45) is -5.02. The van der Waals surface area contributed by atoms with Gasteiger partial charge in [0.2, 0.25) is 6.29 Å². The van der Waals surface area contributed by atoms with E-state index in [1.165, 1.54) is 12.1 Å². The number of aliphatic hydroxyl groups excluding tert-OH is 1. The zero-order valence-corrected chi connectivity index (χ0v) is 16.6. The Bertz CT molecular complexity index is 881. The standard InChI is InChI=1S/C21H20ClFO6/c1-12-3-7-14(8-4-12)18(24)27-11-16-17(21(22,23)20(26)28-16)29-19(25)15-9-5-13(2)6-10-15/h3-10,16-17,20,26H,11H2,1-2H3/t16-,17+,20?,21+/m0/s1. The van der Waals surface area contributed by atoms with E-state index in [9.17, 15) is 19.1 Å². The molecule has 0 spiro atoms.